The van der Waals surface area contributed by atoms with Crippen molar-refractivity contribution in [3.05, 3.63) is 50.6 Å². The molecule has 0 saturated carbocycles. The van der Waals surface area contributed by atoms with Crippen LogP contribution in [0.1, 0.15) is 50.6 Å². The summed E-state index contributed by atoms with van der Waals surface area (Å²) in [6.45, 7) is -2.51. The zero-order valence-electron chi connectivity index (χ0n) is 42.6. The van der Waals surface area contributed by atoms with Crippen molar-refractivity contribution in [1.82, 2.24) is 78.1 Å². The minimum atomic E-state index is -5.37. The van der Waals surface area contributed by atoms with E-state index >= 15 is 0 Å². The highest BCUT2D eigenvalue weighted by atomic mass is 31.2. The number of anilines is 4. The van der Waals surface area contributed by atoms with Gasteiger partial charge in [-0.25, -0.2) is 78.1 Å². The molecule has 4 saturated heterocycles. The van der Waals surface area contributed by atoms with Crippen LogP contribution in [0.15, 0.2) is 50.6 Å². The van der Waals surface area contributed by atoms with Crippen LogP contribution in [0.25, 0.3) is 44.7 Å². The molecule has 15 atom stereocenters. The largest absolute Gasteiger partial charge is 0.472 e. The summed E-state index contributed by atoms with van der Waals surface area (Å²) in [4.78, 5) is 102. The average Bonchev–Trinajstić information content (AvgIpc) is 2.34. The molecule has 450 valence electrons. The number of ether oxygens (including phenoxy) is 4. The molecule has 4 fully saturated rings. The number of aliphatic hydroxyl groups excluding tert-OH is 1. The molecule has 0 spiro atoms. The average molecular weight is 1260 g/mol. The van der Waals surface area contributed by atoms with E-state index in [2.05, 4.69) is 59.8 Å². The van der Waals surface area contributed by atoms with E-state index in [0.29, 0.717) is 5.65 Å². The maximum atomic E-state index is 14.1. The lowest BCUT2D eigenvalue weighted by atomic mass is 10.2. The summed E-state index contributed by atoms with van der Waals surface area (Å²) in [6, 6.07) is 0. The molecule has 0 amide bonds. The maximum Gasteiger partial charge on any atom is 0.472 e. The molecule has 15 unspecified atom stereocenters. The van der Waals surface area contributed by atoms with Crippen molar-refractivity contribution in [2.24, 2.45) is 0 Å². The van der Waals surface area contributed by atoms with Crippen molar-refractivity contribution in [2.75, 3.05) is 42.8 Å². The second-order valence-corrected chi connectivity index (χ2v) is 24.4. The number of nitrogen functional groups attached to an aromatic ring is 4. The first-order chi connectivity index (χ1) is 39.9. The van der Waals surface area contributed by atoms with Crippen molar-refractivity contribution in [1.29, 1.82) is 0 Å². The molecule has 45 heteroatoms. The van der Waals surface area contributed by atoms with Gasteiger partial charge in [-0.05, 0) is 0 Å². The van der Waals surface area contributed by atoms with Crippen molar-refractivity contribution in [3.8, 4) is 0 Å². The second kappa shape index (κ2) is 22.5. The Morgan fingerprint density at radius 2 is 0.738 bits per heavy atom. The quantitative estimate of drug-likeness (QED) is 0.0415. The Hall–Kier alpha value is -6.36. The normalized spacial score (nSPS) is 28.9. The third-order valence-electron chi connectivity index (χ3n) is 13.6. The van der Waals surface area contributed by atoms with Gasteiger partial charge in [0.05, 0.1) is 51.2 Å². The number of nitrogens with two attached hydrogens (primary N) is 4. The number of phosphoric ester groups is 4. The SMILES string of the molecule is Nc1ncnc2c1ncn2C1CC(O)C(COP(=O)(O)OC2CC(n3cnc4c(N)ncnc43)OC2COP(=O)(O)OC2CC(n3cnc4c(N)ncnc43)OC2COP(=O)(O)OC2CC(n3cnc4c(N)ncnc43)OC2OP(=O)(O)O)O1. The third kappa shape index (κ3) is 12.0. The number of fused-ring (bicyclic) bond motifs is 4. The van der Waals surface area contributed by atoms with Crippen LogP contribution in [0.3, 0.4) is 0 Å². The van der Waals surface area contributed by atoms with Gasteiger partial charge in [-0.1, -0.05) is 0 Å². The van der Waals surface area contributed by atoms with Gasteiger partial charge in [0.25, 0.3) is 0 Å². The highest BCUT2D eigenvalue weighted by molar-refractivity contribution is 7.48. The van der Waals surface area contributed by atoms with Crippen molar-refractivity contribution in [3.63, 3.8) is 0 Å². The van der Waals surface area contributed by atoms with Crippen molar-refractivity contribution < 1.29 is 98.4 Å². The first-order valence-corrected chi connectivity index (χ1v) is 30.7. The fourth-order valence-corrected chi connectivity index (χ4v) is 13.1. The topological polar surface area (TPSA) is 570 Å². The fourth-order valence-electron chi connectivity index (χ4n) is 9.84. The van der Waals surface area contributed by atoms with Gasteiger partial charge in [0.2, 0.25) is 0 Å². The van der Waals surface area contributed by atoms with E-state index in [1.54, 1.807) is 0 Å². The van der Waals surface area contributed by atoms with E-state index in [4.69, 9.17) is 73.5 Å². The van der Waals surface area contributed by atoms with Gasteiger partial charge in [0.15, 0.2) is 52.2 Å². The summed E-state index contributed by atoms with van der Waals surface area (Å²) in [6.07, 6.45) is -7.71. The highest BCUT2D eigenvalue weighted by Crippen LogP contribution is 2.55. The summed E-state index contributed by atoms with van der Waals surface area (Å²) >= 11 is 0. The molecule has 0 aromatic carbocycles. The predicted octanol–water partition coefficient (Wildman–Crippen LogP) is -0.241. The summed E-state index contributed by atoms with van der Waals surface area (Å²) in [5, 5.41) is 10.9. The van der Waals surface area contributed by atoms with E-state index in [0.717, 1.165) is 19.0 Å². The van der Waals surface area contributed by atoms with Gasteiger partial charge >= 0.3 is 31.3 Å². The maximum absolute atomic E-state index is 14.1. The fraction of sp³-hybridized carbons (Fsp3) is 0.487. The van der Waals surface area contributed by atoms with Gasteiger partial charge < -0.3 is 71.5 Å². The van der Waals surface area contributed by atoms with Crippen LogP contribution in [-0.4, -0.2) is 176 Å². The minimum absolute atomic E-state index is 0.00289. The molecule has 12 rings (SSSR count). The highest BCUT2D eigenvalue weighted by Gasteiger charge is 2.50. The number of hydrogen-bond donors (Lipinski definition) is 10. The smallest absolute Gasteiger partial charge is 0.390 e. The van der Waals surface area contributed by atoms with Crippen LogP contribution in [-0.2, 0) is 68.9 Å². The molecular weight excluding hydrogens is 1210 g/mol. The van der Waals surface area contributed by atoms with E-state index in [-0.39, 0.29) is 81.5 Å². The lowest BCUT2D eigenvalue weighted by Gasteiger charge is -2.25. The lowest BCUT2D eigenvalue weighted by Crippen LogP contribution is -2.31. The molecule has 4 aliphatic rings. The number of aromatic nitrogens is 16. The van der Waals surface area contributed by atoms with Gasteiger partial charge in [0.1, 0.15) is 109 Å². The molecule has 8 aromatic heterocycles. The molecule has 0 aliphatic carbocycles. The molecule has 4 aliphatic heterocycles. The van der Waals surface area contributed by atoms with E-state index in [9.17, 15) is 47.8 Å². The Balaban J connectivity index is 0.745. The van der Waals surface area contributed by atoms with Gasteiger partial charge in [0, 0.05) is 25.7 Å². The Morgan fingerprint density at radius 1 is 0.429 bits per heavy atom. The van der Waals surface area contributed by atoms with Crippen LogP contribution < -0.4 is 22.9 Å². The van der Waals surface area contributed by atoms with Crippen molar-refractivity contribution >= 4 is 99.2 Å². The van der Waals surface area contributed by atoms with Crippen LogP contribution in [0.4, 0.5) is 23.3 Å². The number of rotatable bonds is 21. The monoisotopic (exact) mass is 1260 g/mol. The minimum Gasteiger partial charge on any atom is -0.390 e. The molecule has 8 aromatic rings. The Bertz CT molecular complexity index is 3970. The predicted molar refractivity (Wildman–Crippen MR) is 274 cm³/mol. The van der Waals surface area contributed by atoms with E-state index in [1.165, 1.54) is 49.9 Å². The summed E-state index contributed by atoms with van der Waals surface area (Å²) < 4.78 is 121. The zero-order chi connectivity index (χ0) is 59.0. The van der Waals surface area contributed by atoms with E-state index in [1.807, 2.05) is 0 Å². The first-order valence-electron chi connectivity index (χ1n) is 24.7. The number of aliphatic hydroxyl groups is 1. The van der Waals surface area contributed by atoms with E-state index < -0.39 is 131 Å². The molecule has 0 bridgehead atoms. The Morgan fingerprint density at radius 3 is 1.11 bits per heavy atom. The van der Waals surface area contributed by atoms with Crippen LogP contribution >= 0.6 is 31.3 Å². The van der Waals surface area contributed by atoms with Gasteiger partial charge in [-0.3, -0.25) is 49.9 Å². The molecule has 84 heavy (non-hydrogen) atoms. The number of imidazole rings is 4. The second-order valence-electron chi connectivity index (χ2n) is 19.0. The van der Waals surface area contributed by atoms with Gasteiger partial charge in [-0.2, -0.15) is 0 Å². The van der Waals surface area contributed by atoms with Gasteiger partial charge in [-0.15, -0.1) is 0 Å². The number of hydrogen-bond acceptors (Lipinski definition) is 32. The summed E-state index contributed by atoms with van der Waals surface area (Å²) in [5.74, 6) is 0.119. The molecule has 41 nitrogen and oxygen atoms in total. The molecule has 0 radical (unpaired) electrons. The lowest BCUT2D eigenvalue weighted by molar-refractivity contribution is -0.133. The number of phosphoric acid groups is 4. The third-order valence-corrected chi connectivity index (χ3v) is 17.2. The van der Waals surface area contributed by atoms with Crippen molar-refractivity contribution in [2.45, 2.75) is 99.6 Å². The van der Waals surface area contributed by atoms with Crippen LogP contribution in [0.2, 0.25) is 0 Å². The molecular formula is C39H48N20O21P4. The zero-order valence-corrected chi connectivity index (χ0v) is 46.1. The number of nitrogens with zero attached hydrogens (tertiary/aromatic N) is 16. The Kier molecular flexibility index (Phi) is 15.5. The summed E-state index contributed by atoms with van der Waals surface area (Å²) in [5.41, 5.74) is 25.4. The summed E-state index contributed by atoms with van der Waals surface area (Å²) in [7, 11) is -21.2. The molecule has 14 N–H and O–H groups in total. The van der Waals surface area contributed by atoms with Crippen LogP contribution in [0.5, 0.6) is 0 Å². The van der Waals surface area contributed by atoms with Crippen LogP contribution in [0, 0.1) is 0 Å². The first kappa shape index (κ1) is 58.0. The Labute approximate surface area is 467 Å². The molecule has 12 heterocycles. The standard InChI is InChI=1S/C39H48N20O21P4/c40-31-27-35(48-8-44-31)56(12-52-27)23-1-16(60)20(73-23)5-70-82(64,65)77-17-2-24(57-13-53-28-32(41)45-9-49-36(28)57)74-21(17)6-71-83(66,67)78-18-3-25(58-14-54-29-33(42)46-10-50-37(29)58)75-22(18)7-72-84(68,69)79-19-4-26(76-39(19)80-81(61,62)63)59-15-55-30-34(43)47-11-51-38(30)59/h8-26,39,60H,1-7H2,(H,64,65)(H,66,67)(H,68,69)(H2,40,44,48)(H2,41,45,49)(H2,42,46,50)(H2,43,47,51)(H2,61,62,63).